The minimum Gasteiger partial charge on any atom is -0.480 e. The van der Waals surface area contributed by atoms with Gasteiger partial charge in [0.25, 0.3) is 5.56 Å². The van der Waals surface area contributed by atoms with Gasteiger partial charge in [0.15, 0.2) is 0 Å². The van der Waals surface area contributed by atoms with Crippen molar-refractivity contribution in [2.24, 2.45) is 0 Å². The molecule has 4 rings (SSSR count). The summed E-state index contributed by atoms with van der Waals surface area (Å²) in [6.45, 7) is 3.59. The predicted octanol–water partition coefficient (Wildman–Crippen LogP) is 2.80. The molecule has 0 aliphatic carbocycles. The Morgan fingerprint density at radius 2 is 1.96 bits per heavy atom. The molecule has 1 N–H and O–H groups in total. The first kappa shape index (κ1) is 18.9. The summed E-state index contributed by atoms with van der Waals surface area (Å²) in [6, 6.07) is 6.26. The Bertz CT molecular complexity index is 1220. The van der Waals surface area contributed by atoms with Crippen molar-refractivity contribution in [3.63, 3.8) is 0 Å². The Hall–Kier alpha value is -2.42. The predicted molar refractivity (Wildman–Crippen MR) is 107 cm³/mol. The lowest BCUT2D eigenvalue weighted by Crippen LogP contribution is -2.40. The summed E-state index contributed by atoms with van der Waals surface area (Å²) >= 11 is 7.21. The summed E-state index contributed by atoms with van der Waals surface area (Å²) in [5.41, 5.74) is -0.144. The zero-order valence-electron chi connectivity index (χ0n) is 15.2. The maximum Gasteiger partial charge on any atom is 0.336 e. The van der Waals surface area contributed by atoms with Crippen molar-refractivity contribution in [3.05, 3.63) is 60.6 Å². The van der Waals surface area contributed by atoms with Crippen LogP contribution in [0, 0.1) is 0 Å². The third kappa shape index (κ3) is 3.07. The summed E-state index contributed by atoms with van der Waals surface area (Å²) in [6.07, 6.45) is 0.587. The van der Waals surface area contributed by atoms with Crippen LogP contribution in [0.5, 0.6) is 0 Å². The van der Waals surface area contributed by atoms with E-state index in [1.807, 2.05) is 13.8 Å². The van der Waals surface area contributed by atoms with Gasteiger partial charge in [0.2, 0.25) is 0 Å². The number of carboxylic acids is 1. The maximum atomic E-state index is 13.2. The number of fused-ring (bicyclic) bond motifs is 3. The summed E-state index contributed by atoms with van der Waals surface area (Å²) in [7, 11) is 0. The molecule has 0 amide bonds. The lowest BCUT2D eigenvalue weighted by atomic mass is 9.98. The number of hydrogen-bond donors (Lipinski definition) is 1. The van der Waals surface area contributed by atoms with Gasteiger partial charge in [0, 0.05) is 21.9 Å². The number of rotatable bonds is 3. The Labute approximate surface area is 168 Å². The first-order valence-electron chi connectivity index (χ1n) is 8.60. The molecule has 3 heterocycles. The van der Waals surface area contributed by atoms with Gasteiger partial charge in [-0.25, -0.2) is 9.36 Å². The van der Waals surface area contributed by atoms with Gasteiger partial charge in [0.05, 0.1) is 23.4 Å². The van der Waals surface area contributed by atoms with Crippen molar-refractivity contribution in [1.29, 1.82) is 0 Å². The van der Waals surface area contributed by atoms with Gasteiger partial charge in [-0.1, -0.05) is 11.6 Å². The van der Waals surface area contributed by atoms with Crippen molar-refractivity contribution < 1.29 is 14.6 Å². The summed E-state index contributed by atoms with van der Waals surface area (Å²) in [5.74, 6) is -1.17. The van der Waals surface area contributed by atoms with Crippen molar-refractivity contribution in [2.75, 3.05) is 0 Å². The fourth-order valence-electron chi connectivity index (χ4n) is 3.43. The van der Waals surface area contributed by atoms with Crippen molar-refractivity contribution in [2.45, 2.75) is 39.0 Å². The highest BCUT2D eigenvalue weighted by atomic mass is 35.5. The van der Waals surface area contributed by atoms with E-state index in [4.69, 9.17) is 16.3 Å². The van der Waals surface area contributed by atoms with Crippen LogP contribution < -0.4 is 11.2 Å². The lowest BCUT2D eigenvalue weighted by Gasteiger charge is -2.30. The van der Waals surface area contributed by atoms with Gasteiger partial charge >= 0.3 is 11.7 Å². The second-order valence-electron chi connectivity index (χ2n) is 7.29. The molecule has 1 aliphatic heterocycles. The molecule has 0 radical (unpaired) electrons. The molecular formula is C19H17ClN2O5S. The smallest absolute Gasteiger partial charge is 0.336 e. The van der Waals surface area contributed by atoms with E-state index in [9.17, 15) is 19.5 Å². The zero-order chi connectivity index (χ0) is 20.2. The molecule has 0 bridgehead atoms. The minimum absolute atomic E-state index is 0.228. The van der Waals surface area contributed by atoms with Crippen LogP contribution in [0.3, 0.4) is 0 Å². The van der Waals surface area contributed by atoms with Crippen molar-refractivity contribution in [3.8, 4) is 5.69 Å². The molecule has 0 saturated heterocycles. The molecule has 3 aromatic rings. The second-order valence-corrected chi connectivity index (χ2v) is 8.83. The third-order valence-electron chi connectivity index (χ3n) is 4.72. The number of nitrogens with zero attached hydrogens (tertiary/aromatic N) is 2. The number of carbonyl (C=O) groups is 1. The van der Waals surface area contributed by atoms with E-state index in [1.54, 1.807) is 24.3 Å². The van der Waals surface area contributed by atoms with Crippen LogP contribution in [0.2, 0.25) is 5.02 Å². The van der Waals surface area contributed by atoms with E-state index in [0.29, 0.717) is 27.3 Å². The number of aromatic nitrogens is 2. The van der Waals surface area contributed by atoms with E-state index < -0.39 is 23.8 Å². The number of hydrogen-bond acceptors (Lipinski definition) is 5. The fourth-order valence-corrected chi connectivity index (χ4v) is 5.01. The molecule has 146 valence electrons. The van der Waals surface area contributed by atoms with Gasteiger partial charge in [-0.05, 0) is 38.1 Å². The summed E-state index contributed by atoms with van der Waals surface area (Å²) < 4.78 is 8.33. The molecule has 9 heteroatoms. The number of carboxylic acid groups (broad SMARTS) is 1. The number of ether oxygens (including phenoxy) is 1. The normalized spacial score (nSPS) is 15.5. The first-order chi connectivity index (χ1) is 13.2. The highest BCUT2D eigenvalue weighted by Gasteiger charge is 2.32. The van der Waals surface area contributed by atoms with Crippen molar-refractivity contribution >= 4 is 39.1 Å². The SMILES string of the molecule is CC1(C)Cc2sc3c(=O)n(-c4ccc(Cl)cc4)c(=O)n(CC(=O)O)c3c2CO1. The van der Waals surface area contributed by atoms with Gasteiger partial charge < -0.3 is 9.84 Å². The molecule has 0 atom stereocenters. The largest absolute Gasteiger partial charge is 0.480 e. The molecule has 0 saturated carbocycles. The van der Waals surface area contributed by atoms with E-state index in [2.05, 4.69) is 0 Å². The van der Waals surface area contributed by atoms with Gasteiger partial charge in [-0.3, -0.25) is 14.2 Å². The van der Waals surface area contributed by atoms with Crippen LogP contribution in [0.15, 0.2) is 33.9 Å². The Balaban J connectivity index is 2.08. The van der Waals surface area contributed by atoms with E-state index in [1.165, 1.54) is 11.3 Å². The monoisotopic (exact) mass is 420 g/mol. The first-order valence-corrected chi connectivity index (χ1v) is 9.79. The zero-order valence-corrected chi connectivity index (χ0v) is 16.8. The van der Waals surface area contributed by atoms with Crippen molar-refractivity contribution in [1.82, 2.24) is 9.13 Å². The van der Waals surface area contributed by atoms with E-state index in [0.717, 1.165) is 19.6 Å². The average molecular weight is 421 g/mol. The van der Waals surface area contributed by atoms with Crippen LogP contribution in [-0.4, -0.2) is 25.8 Å². The van der Waals surface area contributed by atoms with Gasteiger partial charge in [-0.15, -0.1) is 11.3 Å². The Kier molecular flexibility index (Phi) is 4.45. The summed E-state index contributed by atoms with van der Waals surface area (Å²) in [4.78, 5) is 38.7. The average Bonchev–Trinajstić information content (AvgIpc) is 2.97. The van der Waals surface area contributed by atoms with Crippen LogP contribution in [0.1, 0.15) is 24.3 Å². The summed E-state index contributed by atoms with van der Waals surface area (Å²) in [5, 5.41) is 9.82. The Morgan fingerprint density at radius 3 is 2.61 bits per heavy atom. The van der Waals surface area contributed by atoms with Crippen LogP contribution in [0.4, 0.5) is 0 Å². The molecule has 1 aliphatic rings. The van der Waals surface area contributed by atoms with Crippen LogP contribution >= 0.6 is 22.9 Å². The standard InChI is InChI=1S/C19H17ClN2O5S/c1-19(2)7-13-12(9-27-19)15-16(28-13)17(25)22(11-5-3-10(20)4-6-11)18(26)21(15)8-14(23)24/h3-6H,7-9H2,1-2H3,(H,23,24). The van der Waals surface area contributed by atoms with E-state index >= 15 is 0 Å². The van der Waals surface area contributed by atoms with Crippen LogP contribution in [0.25, 0.3) is 15.9 Å². The number of aliphatic carboxylic acids is 1. The van der Waals surface area contributed by atoms with Gasteiger partial charge in [-0.2, -0.15) is 0 Å². The number of halogens is 1. The number of benzene rings is 1. The highest BCUT2D eigenvalue weighted by molar-refractivity contribution is 7.19. The minimum atomic E-state index is -1.17. The highest BCUT2D eigenvalue weighted by Crippen LogP contribution is 2.37. The third-order valence-corrected chi connectivity index (χ3v) is 6.19. The molecule has 0 spiro atoms. The maximum absolute atomic E-state index is 13.2. The molecule has 0 unspecified atom stereocenters. The van der Waals surface area contributed by atoms with Gasteiger partial charge in [0.1, 0.15) is 11.2 Å². The second kappa shape index (κ2) is 6.58. The topological polar surface area (TPSA) is 90.5 Å². The lowest BCUT2D eigenvalue weighted by molar-refractivity contribution is -0.137. The molecule has 0 fully saturated rings. The Morgan fingerprint density at radius 1 is 1.29 bits per heavy atom. The quantitative estimate of drug-likeness (QED) is 0.703. The molecule has 28 heavy (non-hydrogen) atoms. The number of thiophene rings is 1. The molecule has 1 aromatic carbocycles. The molecule has 7 nitrogen and oxygen atoms in total. The molecular weight excluding hydrogens is 404 g/mol. The molecule has 2 aromatic heterocycles. The van der Waals surface area contributed by atoms with Crippen LogP contribution in [-0.2, 0) is 29.1 Å². The fraction of sp³-hybridized carbons (Fsp3) is 0.316. The van der Waals surface area contributed by atoms with E-state index in [-0.39, 0.29) is 12.2 Å².